The number of phenolic OH excluding ortho intramolecular Hbond substituents is 1. The SMILES string of the molecule is Cc1c(O)cccc1C(=O)NC[C@H](O)C(=O)N1CC(F)(F)C(C)(C)[C@H]1C(=O)NCc1ccncc1. The second-order valence-corrected chi connectivity index (χ2v) is 9.04. The summed E-state index contributed by atoms with van der Waals surface area (Å²) in [6.07, 6.45) is 1.18. The second kappa shape index (κ2) is 9.95. The maximum Gasteiger partial charge on any atom is 0.272 e. The van der Waals surface area contributed by atoms with Gasteiger partial charge in [-0.3, -0.25) is 19.4 Å². The first-order chi connectivity index (χ1) is 16.4. The van der Waals surface area contributed by atoms with Crippen LogP contribution in [0.4, 0.5) is 8.78 Å². The van der Waals surface area contributed by atoms with Gasteiger partial charge in [0.25, 0.3) is 17.7 Å². The highest BCUT2D eigenvalue weighted by Crippen LogP contribution is 2.48. The summed E-state index contributed by atoms with van der Waals surface area (Å²) in [5, 5.41) is 25.1. The van der Waals surface area contributed by atoms with E-state index in [1.165, 1.54) is 51.4 Å². The number of likely N-dealkylation sites (tertiary alicyclic amines) is 1. The minimum absolute atomic E-state index is 0.0451. The molecule has 0 spiro atoms. The summed E-state index contributed by atoms with van der Waals surface area (Å²) in [5.41, 5.74) is -0.782. The summed E-state index contributed by atoms with van der Waals surface area (Å²) < 4.78 is 29.7. The summed E-state index contributed by atoms with van der Waals surface area (Å²) in [7, 11) is 0. The summed E-state index contributed by atoms with van der Waals surface area (Å²) >= 11 is 0. The Bertz CT molecular complexity index is 1110. The number of rotatable bonds is 7. The fourth-order valence-corrected chi connectivity index (χ4v) is 3.99. The van der Waals surface area contributed by atoms with Crippen molar-refractivity contribution in [3.63, 3.8) is 0 Å². The number of aliphatic hydroxyl groups excluding tert-OH is 1. The lowest BCUT2D eigenvalue weighted by Gasteiger charge is -2.33. The molecule has 0 saturated carbocycles. The first-order valence-corrected chi connectivity index (χ1v) is 11.0. The molecule has 3 rings (SSSR count). The van der Waals surface area contributed by atoms with Gasteiger partial charge in [0.05, 0.1) is 18.5 Å². The maximum absolute atomic E-state index is 14.8. The third kappa shape index (κ3) is 5.24. The zero-order chi connectivity index (χ0) is 26.0. The number of carbonyl (C=O) groups excluding carboxylic acids is 3. The number of amides is 3. The van der Waals surface area contributed by atoms with Crippen molar-refractivity contribution in [2.24, 2.45) is 5.41 Å². The van der Waals surface area contributed by atoms with Gasteiger partial charge < -0.3 is 25.7 Å². The third-order valence-electron chi connectivity index (χ3n) is 6.35. The molecule has 1 saturated heterocycles. The van der Waals surface area contributed by atoms with Crippen LogP contribution < -0.4 is 10.6 Å². The molecular formula is C24H28F2N4O5. The number of hydrogen-bond acceptors (Lipinski definition) is 6. The van der Waals surface area contributed by atoms with Gasteiger partial charge in [0.1, 0.15) is 17.9 Å². The Morgan fingerprint density at radius 3 is 2.49 bits per heavy atom. The number of aromatic nitrogens is 1. The van der Waals surface area contributed by atoms with Gasteiger partial charge in [0.2, 0.25) is 5.91 Å². The number of nitrogens with one attached hydrogen (secondary N) is 2. The topological polar surface area (TPSA) is 132 Å². The van der Waals surface area contributed by atoms with Crippen LogP contribution in [0.2, 0.25) is 0 Å². The highest BCUT2D eigenvalue weighted by Gasteiger charge is 2.64. The Kier molecular flexibility index (Phi) is 7.39. The standard InChI is InChI=1S/C24H28F2N4O5/c1-14-16(5-4-6-17(14)31)20(33)29-12-18(32)22(35)30-13-24(25,26)23(2,3)19(30)21(34)28-11-15-7-9-27-10-8-15/h4-10,18-19,31-32H,11-13H2,1-3H3,(H,28,34)(H,29,33)/t18-,19+/m0/s1. The van der Waals surface area contributed by atoms with Gasteiger partial charge in [-0.15, -0.1) is 0 Å². The molecule has 1 aliphatic rings. The van der Waals surface area contributed by atoms with Gasteiger partial charge >= 0.3 is 0 Å². The molecule has 9 nitrogen and oxygen atoms in total. The minimum Gasteiger partial charge on any atom is -0.508 e. The van der Waals surface area contributed by atoms with Gasteiger partial charge in [0, 0.05) is 30.1 Å². The second-order valence-electron chi connectivity index (χ2n) is 9.04. The number of benzene rings is 1. The first kappa shape index (κ1) is 26.0. The molecule has 0 aliphatic carbocycles. The fraction of sp³-hybridized carbons (Fsp3) is 0.417. The Balaban J connectivity index is 1.72. The van der Waals surface area contributed by atoms with Crippen LogP contribution in [0, 0.1) is 12.3 Å². The Morgan fingerprint density at radius 2 is 1.83 bits per heavy atom. The van der Waals surface area contributed by atoms with E-state index < -0.39 is 54.3 Å². The lowest BCUT2D eigenvalue weighted by Crippen LogP contribution is -2.55. The molecule has 2 atom stereocenters. The molecule has 3 amide bonds. The molecule has 1 fully saturated rings. The highest BCUT2D eigenvalue weighted by molar-refractivity contribution is 5.97. The molecule has 0 unspecified atom stereocenters. The maximum atomic E-state index is 14.8. The van der Waals surface area contributed by atoms with E-state index >= 15 is 0 Å². The van der Waals surface area contributed by atoms with Crippen LogP contribution in [-0.2, 0) is 16.1 Å². The summed E-state index contributed by atoms with van der Waals surface area (Å²) in [6.45, 7) is 2.33. The molecule has 4 N–H and O–H groups in total. The van der Waals surface area contributed by atoms with Gasteiger partial charge in [-0.25, -0.2) is 8.78 Å². The number of nitrogens with zero attached hydrogens (tertiary/aromatic N) is 2. The van der Waals surface area contributed by atoms with Crippen molar-refractivity contribution in [2.45, 2.75) is 45.4 Å². The van der Waals surface area contributed by atoms with Crippen LogP contribution in [0.3, 0.4) is 0 Å². The Hall–Kier alpha value is -3.60. The van der Waals surface area contributed by atoms with Crippen LogP contribution in [-0.4, -0.2) is 69.0 Å². The summed E-state index contributed by atoms with van der Waals surface area (Å²) in [6, 6.07) is 6.06. The molecular weight excluding hydrogens is 462 g/mol. The monoisotopic (exact) mass is 490 g/mol. The van der Waals surface area contributed by atoms with E-state index in [1.807, 2.05) is 0 Å². The summed E-state index contributed by atoms with van der Waals surface area (Å²) in [4.78, 5) is 42.8. The normalized spacial score (nSPS) is 19.1. The van der Waals surface area contributed by atoms with E-state index in [0.29, 0.717) is 16.0 Å². The minimum atomic E-state index is -3.40. The predicted molar refractivity (Wildman–Crippen MR) is 121 cm³/mol. The number of pyridine rings is 1. The molecule has 1 aromatic heterocycles. The molecule has 35 heavy (non-hydrogen) atoms. The zero-order valence-electron chi connectivity index (χ0n) is 19.6. The van der Waals surface area contributed by atoms with E-state index in [0.717, 1.165) is 0 Å². The number of halogens is 2. The van der Waals surface area contributed by atoms with Gasteiger partial charge in [0.15, 0.2) is 0 Å². The van der Waals surface area contributed by atoms with Crippen molar-refractivity contribution in [3.8, 4) is 5.75 Å². The van der Waals surface area contributed by atoms with Gasteiger partial charge in [-0.05, 0) is 36.8 Å². The van der Waals surface area contributed by atoms with Crippen LogP contribution >= 0.6 is 0 Å². The van der Waals surface area contributed by atoms with E-state index in [-0.39, 0.29) is 17.9 Å². The summed E-state index contributed by atoms with van der Waals surface area (Å²) in [5.74, 6) is -6.06. The highest BCUT2D eigenvalue weighted by atomic mass is 19.3. The number of phenols is 1. The average molecular weight is 491 g/mol. The molecule has 188 valence electrons. The van der Waals surface area contributed by atoms with Crippen molar-refractivity contribution in [1.82, 2.24) is 20.5 Å². The fourth-order valence-electron chi connectivity index (χ4n) is 3.99. The molecule has 1 aromatic carbocycles. The van der Waals surface area contributed by atoms with Crippen molar-refractivity contribution < 1.29 is 33.4 Å². The van der Waals surface area contributed by atoms with Crippen molar-refractivity contribution >= 4 is 17.7 Å². The van der Waals surface area contributed by atoms with E-state index in [9.17, 15) is 33.4 Å². The number of carbonyl (C=O) groups is 3. The number of alkyl halides is 2. The van der Waals surface area contributed by atoms with E-state index in [2.05, 4.69) is 15.6 Å². The number of hydrogen-bond donors (Lipinski definition) is 4. The molecule has 2 aromatic rings. The number of aliphatic hydroxyl groups is 1. The van der Waals surface area contributed by atoms with Crippen molar-refractivity contribution in [2.75, 3.05) is 13.1 Å². The Labute approximate surface area is 201 Å². The lowest BCUT2D eigenvalue weighted by atomic mass is 9.81. The van der Waals surface area contributed by atoms with Crippen molar-refractivity contribution in [1.29, 1.82) is 0 Å². The van der Waals surface area contributed by atoms with E-state index in [4.69, 9.17) is 0 Å². The van der Waals surface area contributed by atoms with Crippen LogP contribution in [0.25, 0.3) is 0 Å². The van der Waals surface area contributed by atoms with Gasteiger partial charge in [-0.2, -0.15) is 0 Å². The Morgan fingerprint density at radius 1 is 1.17 bits per heavy atom. The predicted octanol–water partition coefficient (Wildman–Crippen LogP) is 1.38. The molecule has 1 aliphatic heterocycles. The third-order valence-corrected chi connectivity index (χ3v) is 6.35. The van der Waals surface area contributed by atoms with E-state index in [1.54, 1.807) is 12.1 Å². The largest absolute Gasteiger partial charge is 0.508 e. The molecule has 0 radical (unpaired) electrons. The quantitative estimate of drug-likeness (QED) is 0.464. The zero-order valence-corrected chi connectivity index (χ0v) is 19.6. The molecule has 11 heteroatoms. The van der Waals surface area contributed by atoms with Crippen LogP contribution in [0.5, 0.6) is 5.75 Å². The number of aromatic hydroxyl groups is 1. The molecule has 0 bridgehead atoms. The smallest absolute Gasteiger partial charge is 0.272 e. The molecule has 2 heterocycles. The van der Waals surface area contributed by atoms with Crippen LogP contribution in [0.15, 0.2) is 42.7 Å². The average Bonchev–Trinajstić information content (AvgIpc) is 3.01. The van der Waals surface area contributed by atoms with Gasteiger partial charge in [-0.1, -0.05) is 19.9 Å². The van der Waals surface area contributed by atoms with Crippen LogP contribution in [0.1, 0.15) is 35.3 Å². The first-order valence-electron chi connectivity index (χ1n) is 11.0. The van der Waals surface area contributed by atoms with Crippen molar-refractivity contribution in [3.05, 3.63) is 59.4 Å². The lowest BCUT2D eigenvalue weighted by molar-refractivity contribution is -0.146.